The topological polar surface area (TPSA) is 91.6 Å². The number of anilines is 1. The third-order valence-electron chi connectivity index (χ3n) is 3.73. The van der Waals surface area contributed by atoms with Crippen LogP contribution in [0.2, 0.25) is 0 Å². The second-order valence-electron chi connectivity index (χ2n) is 5.43. The fraction of sp³-hybridized carbons (Fsp3) is 0.105. The highest BCUT2D eigenvalue weighted by atomic mass is 16.1. The fourth-order valence-electron chi connectivity index (χ4n) is 2.28. The van der Waals surface area contributed by atoms with Crippen molar-refractivity contribution in [2.45, 2.75) is 12.8 Å². The van der Waals surface area contributed by atoms with Gasteiger partial charge in [0.25, 0.3) is 0 Å². The number of pyridine rings is 1. The lowest BCUT2D eigenvalue weighted by molar-refractivity contribution is -0.117. The molecule has 25 heavy (non-hydrogen) atoms. The number of rotatable bonds is 4. The number of aromatic nitrogens is 3. The molecule has 6 nitrogen and oxygen atoms in total. The molecule has 0 aliphatic heterocycles. The number of carbonyl (C=O) groups is 1. The minimum atomic E-state index is -0.374. The first-order valence-electron chi connectivity index (χ1n) is 7.73. The van der Waals surface area contributed by atoms with E-state index < -0.39 is 0 Å². The molecule has 0 bridgehead atoms. The number of amides is 1. The van der Waals surface area contributed by atoms with Crippen molar-refractivity contribution >= 4 is 11.7 Å². The molecule has 1 aromatic carbocycles. The average Bonchev–Trinajstić information content (AvgIpc) is 2.68. The van der Waals surface area contributed by atoms with Gasteiger partial charge in [-0.15, -0.1) is 0 Å². The van der Waals surface area contributed by atoms with Crippen molar-refractivity contribution in [3.63, 3.8) is 0 Å². The summed E-state index contributed by atoms with van der Waals surface area (Å²) in [5, 5.41) is 11.6. The van der Waals surface area contributed by atoms with Gasteiger partial charge in [-0.2, -0.15) is 5.26 Å². The van der Waals surface area contributed by atoms with Gasteiger partial charge in [0.15, 0.2) is 5.82 Å². The van der Waals surface area contributed by atoms with Crippen molar-refractivity contribution in [1.29, 1.82) is 5.26 Å². The van der Waals surface area contributed by atoms with Gasteiger partial charge in [-0.05, 0) is 42.8 Å². The minimum Gasteiger partial charge on any atom is -0.310 e. The van der Waals surface area contributed by atoms with Crippen molar-refractivity contribution in [3.05, 3.63) is 72.1 Å². The van der Waals surface area contributed by atoms with Gasteiger partial charge in [-0.1, -0.05) is 18.2 Å². The van der Waals surface area contributed by atoms with E-state index in [0.29, 0.717) is 22.9 Å². The molecule has 2 aromatic heterocycles. The number of nitriles is 1. The summed E-state index contributed by atoms with van der Waals surface area (Å²) in [5.41, 5.74) is 2.03. The Labute approximate surface area is 145 Å². The molecule has 6 heteroatoms. The monoisotopic (exact) mass is 329 g/mol. The SMILES string of the molecule is CC(C(=O)Nc1ccnc(-c2ccccn2)n1)c1ccc(C#N)cc1. The predicted octanol–water partition coefficient (Wildman–Crippen LogP) is 3.15. The molecule has 0 saturated heterocycles. The summed E-state index contributed by atoms with van der Waals surface area (Å²) in [4.78, 5) is 25.2. The van der Waals surface area contributed by atoms with E-state index in [0.717, 1.165) is 5.56 Å². The Bertz CT molecular complexity index is 917. The van der Waals surface area contributed by atoms with Gasteiger partial charge < -0.3 is 5.32 Å². The van der Waals surface area contributed by atoms with E-state index in [1.54, 1.807) is 55.7 Å². The van der Waals surface area contributed by atoms with Crippen molar-refractivity contribution < 1.29 is 4.79 Å². The lowest BCUT2D eigenvalue weighted by Gasteiger charge is -2.12. The summed E-state index contributed by atoms with van der Waals surface area (Å²) in [6.07, 6.45) is 3.25. The van der Waals surface area contributed by atoms with Crippen LogP contribution in [0.4, 0.5) is 5.82 Å². The summed E-state index contributed by atoms with van der Waals surface area (Å²) in [6.45, 7) is 1.80. The number of nitrogens with zero attached hydrogens (tertiary/aromatic N) is 4. The first-order valence-corrected chi connectivity index (χ1v) is 7.73. The van der Waals surface area contributed by atoms with E-state index in [-0.39, 0.29) is 11.8 Å². The molecule has 0 fully saturated rings. The van der Waals surface area contributed by atoms with Crippen LogP contribution in [0.25, 0.3) is 11.5 Å². The zero-order chi connectivity index (χ0) is 17.6. The standard InChI is InChI=1S/C19H15N5O/c1-13(15-7-5-14(12-20)6-8-15)19(25)24-17-9-11-22-18(23-17)16-4-2-3-10-21-16/h2-11,13H,1H3,(H,22,23,24,25). The molecular weight excluding hydrogens is 314 g/mol. The molecule has 0 aliphatic rings. The summed E-state index contributed by atoms with van der Waals surface area (Å²) in [5.74, 6) is 0.307. The van der Waals surface area contributed by atoms with Crippen LogP contribution in [0.3, 0.4) is 0 Å². The number of hydrogen-bond donors (Lipinski definition) is 1. The van der Waals surface area contributed by atoms with Crippen LogP contribution in [-0.4, -0.2) is 20.9 Å². The van der Waals surface area contributed by atoms with Crippen LogP contribution in [-0.2, 0) is 4.79 Å². The molecule has 1 unspecified atom stereocenters. The number of carbonyl (C=O) groups excluding carboxylic acids is 1. The predicted molar refractivity (Wildman–Crippen MR) is 93.5 cm³/mol. The zero-order valence-corrected chi connectivity index (χ0v) is 13.5. The van der Waals surface area contributed by atoms with E-state index in [2.05, 4.69) is 26.3 Å². The largest absolute Gasteiger partial charge is 0.310 e. The van der Waals surface area contributed by atoms with Gasteiger partial charge in [0.1, 0.15) is 11.5 Å². The van der Waals surface area contributed by atoms with Crippen LogP contribution in [0.5, 0.6) is 0 Å². The van der Waals surface area contributed by atoms with Crippen LogP contribution < -0.4 is 5.32 Å². The van der Waals surface area contributed by atoms with Crippen molar-refractivity contribution in [2.75, 3.05) is 5.32 Å². The van der Waals surface area contributed by atoms with Crippen LogP contribution in [0, 0.1) is 11.3 Å². The van der Waals surface area contributed by atoms with Crippen molar-refractivity contribution in [3.8, 4) is 17.6 Å². The van der Waals surface area contributed by atoms with E-state index in [9.17, 15) is 4.79 Å². The van der Waals surface area contributed by atoms with Gasteiger partial charge in [0.2, 0.25) is 5.91 Å². The highest BCUT2D eigenvalue weighted by molar-refractivity contribution is 5.94. The molecule has 2 heterocycles. The normalized spacial score (nSPS) is 11.4. The number of benzene rings is 1. The Kier molecular flexibility index (Phi) is 4.77. The van der Waals surface area contributed by atoms with Crippen LogP contribution in [0.1, 0.15) is 24.0 Å². The molecule has 0 spiro atoms. The molecule has 1 atom stereocenters. The maximum absolute atomic E-state index is 12.5. The molecular formula is C19H15N5O. The molecule has 3 aromatic rings. The summed E-state index contributed by atoms with van der Waals surface area (Å²) >= 11 is 0. The maximum atomic E-state index is 12.5. The van der Waals surface area contributed by atoms with E-state index in [4.69, 9.17) is 5.26 Å². The molecule has 0 radical (unpaired) electrons. The molecule has 0 aliphatic carbocycles. The Morgan fingerprint density at radius 1 is 1.08 bits per heavy atom. The minimum absolute atomic E-state index is 0.185. The fourth-order valence-corrected chi connectivity index (χ4v) is 2.28. The van der Waals surface area contributed by atoms with Gasteiger partial charge in [0.05, 0.1) is 17.6 Å². The lowest BCUT2D eigenvalue weighted by atomic mass is 9.99. The van der Waals surface area contributed by atoms with Crippen molar-refractivity contribution in [2.24, 2.45) is 0 Å². The second kappa shape index (κ2) is 7.32. The lowest BCUT2D eigenvalue weighted by Crippen LogP contribution is -2.19. The third-order valence-corrected chi connectivity index (χ3v) is 3.73. The number of nitrogens with one attached hydrogen (secondary N) is 1. The zero-order valence-electron chi connectivity index (χ0n) is 13.5. The average molecular weight is 329 g/mol. The van der Waals surface area contributed by atoms with Gasteiger partial charge in [-0.3, -0.25) is 9.78 Å². The van der Waals surface area contributed by atoms with Gasteiger partial charge in [0, 0.05) is 12.4 Å². The molecule has 1 amide bonds. The Balaban J connectivity index is 1.75. The first kappa shape index (κ1) is 16.3. The van der Waals surface area contributed by atoms with Crippen molar-refractivity contribution in [1.82, 2.24) is 15.0 Å². The molecule has 122 valence electrons. The smallest absolute Gasteiger partial charge is 0.232 e. The van der Waals surface area contributed by atoms with Crippen LogP contribution in [0.15, 0.2) is 60.9 Å². The third kappa shape index (κ3) is 3.85. The van der Waals surface area contributed by atoms with E-state index in [1.165, 1.54) is 0 Å². The van der Waals surface area contributed by atoms with E-state index >= 15 is 0 Å². The van der Waals surface area contributed by atoms with E-state index in [1.807, 2.05) is 12.1 Å². The number of hydrogen-bond acceptors (Lipinski definition) is 5. The summed E-state index contributed by atoms with van der Waals surface area (Å²) in [7, 11) is 0. The van der Waals surface area contributed by atoms with Crippen LogP contribution >= 0.6 is 0 Å². The quantitative estimate of drug-likeness (QED) is 0.794. The molecule has 0 saturated carbocycles. The Hall–Kier alpha value is -3.59. The Morgan fingerprint density at radius 2 is 1.88 bits per heavy atom. The molecule has 1 N–H and O–H groups in total. The molecule has 3 rings (SSSR count). The maximum Gasteiger partial charge on any atom is 0.232 e. The van der Waals surface area contributed by atoms with Gasteiger partial charge in [-0.25, -0.2) is 9.97 Å². The van der Waals surface area contributed by atoms with Gasteiger partial charge >= 0.3 is 0 Å². The first-order chi connectivity index (χ1) is 12.2. The summed E-state index contributed by atoms with van der Waals surface area (Å²) in [6, 6.07) is 16.1. The Morgan fingerprint density at radius 3 is 2.56 bits per heavy atom. The highest BCUT2D eigenvalue weighted by Gasteiger charge is 2.16. The highest BCUT2D eigenvalue weighted by Crippen LogP contribution is 2.19. The second-order valence-corrected chi connectivity index (χ2v) is 5.43. The summed E-state index contributed by atoms with van der Waals surface area (Å²) < 4.78 is 0.